The zero-order valence-corrected chi connectivity index (χ0v) is 15.4. The molecule has 2 rings (SSSR count). The Hall–Kier alpha value is -1.60. The molecule has 0 aromatic heterocycles. The van der Waals surface area contributed by atoms with Gasteiger partial charge in [-0.2, -0.15) is 0 Å². The van der Waals surface area contributed by atoms with Crippen LogP contribution in [0.2, 0.25) is 0 Å². The van der Waals surface area contributed by atoms with E-state index >= 15 is 0 Å². The van der Waals surface area contributed by atoms with Gasteiger partial charge in [-0.05, 0) is 36.4 Å². The normalized spacial score (nSPS) is 21.5. The number of hydrogen-bond donors (Lipinski definition) is 2. The Kier molecular flexibility index (Phi) is 6.23. The summed E-state index contributed by atoms with van der Waals surface area (Å²) < 4.78 is 25.6. The lowest BCUT2D eigenvalue weighted by molar-refractivity contribution is 0.146. The van der Waals surface area contributed by atoms with Crippen LogP contribution in [0.4, 0.5) is 4.79 Å². The van der Waals surface area contributed by atoms with Gasteiger partial charge in [-0.3, -0.25) is 0 Å². The van der Waals surface area contributed by atoms with Crippen LogP contribution in [-0.2, 0) is 22.3 Å². The molecule has 134 valence electrons. The van der Waals surface area contributed by atoms with E-state index in [0.29, 0.717) is 23.9 Å². The van der Waals surface area contributed by atoms with Crippen molar-refractivity contribution in [3.63, 3.8) is 0 Å². The highest BCUT2D eigenvalue weighted by Crippen LogP contribution is 2.20. The fourth-order valence-electron chi connectivity index (χ4n) is 3.24. The molecule has 2 amide bonds. The number of benzene rings is 1. The van der Waals surface area contributed by atoms with Crippen LogP contribution >= 0.6 is 0 Å². The van der Waals surface area contributed by atoms with E-state index in [9.17, 15) is 13.2 Å². The van der Waals surface area contributed by atoms with Crippen molar-refractivity contribution in [2.75, 3.05) is 20.1 Å². The largest absolute Gasteiger partial charge is 0.334 e. The molecule has 1 saturated heterocycles. The third-order valence-corrected chi connectivity index (χ3v) is 5.59. The maximum absolute atomic E-state index is 12.3. The van der Waals surface area contributed by atoms with Crippen molar-refractivity contribution in [3.05, 3.63) is 35.4 Å². The summed E-state index contributed by atoms with van der Waals surface area (Å²) in [5.41, 5.74) is 1.60. The number of likely N-dealkylation sites (tertiary alicyclic amines) is 1. The van der Waals surface area contributed by atoms with E-state index in [1.54, 1.807) is 6.07 Å². The smallest absolute Gasteiger partial charge is 0.317 e. The van der Waals surface area contributed by atoms with E-state index < -0.39 is 10.0 Å². The van der Waals surface area contributed by atoms with Crippen LogP contribution in [0.1, 0.15) is 31.4 Å². The molecule has 1 heterocycles. The van der Waals surface area contributed by atoms with Crippen LogP contribution in [0.5, 0.6) is 0 Å². The van der Waals surface area contributed by atoms with E-state index in [4.69, 9.17) is 0 Å². The Morgan fingerprint density at radius 2 is 1.83 bits per heavy atom. The zero-order chi connectivity index (χ0) is 17.7. The Morgan fingerprint density at radius 3 is 2.46 bits per heavy atom. The average molecular weight is 353 g/mol. The minimum absolute atomic E-state index is 0.0540. The van der Waals surface area contributed by atoms with E-state index in [1.807, 2.05) is 23.1 Å². The standard InChI is InChI=1S/C17H27N3O3S/c1-13-7-14(2)11-20(10-13)17(21)19-9-15-5-4-6-16(8-15)12-24(22,23)18-3/h4-6,8,13-14,18H,7,9-12H2,1-3H3,(H,19,21). The van der Waals surface area contributed by atoms with Gasteiger partial charge in [0.1, 0.15) is 0 Å². The topological polar surface area (TPSA) is 78.5 Å². The zero-order valence-electron chi connectivity index (χ0n) is 14.6. The van der Waals surface area contributed by atoms with Crippen LogP contribution in [0.15, 0.2) is 24.3 Å². The lowest BCUT2D eigenvalue weighted by Gasteiger charge is -2.34. The Bertz CT molecular complexity index is 665. The second-order valence-electron chi connectivity index (χ2n) is 6.79. The van der Waals surface area contributed by atoms with Crippen molar-refractivity contribution in [1.29, 1.82) is 0 Å². The van der Waals surface area contributed by atoms with Crippen molar-refractivity contribution in [3.8, 4) is 0 Å². The van der Waals surface area contributed by atoms with Crippen molar-refractivity contribution >= 4 is 16.1 Å². The number of piperidine rings is 1. The van der Waals surface area contributed by atoms with Gasteiger partial charge in [-0.1, -0.05) is 38.1 Å². The average Bonchev–Trinajstić information content (AvgIpc) is 2.51. The van der Waals surface area contributed by atoms with E-state index in [1.165, 1.54) is 7.05 Å². The molecule has 2 unspecified atom stereocenters. The second-order valence-corrected chi connectivity index (χ2v) is 8.72. The van der Waals surface area contributed by atoms with Crippen LogP contribution in [-0.4, -0.2) is 39.5 Å². The molecule has 2 N–H and O–H groups in total. The predicted molar refractivity (Wildman–Crippen MR) is 94.9 cm³/mol. The third-order valence-electron chi connectivity index (χ3n) is 4.26. The number of carbonyl (C=O) groups excluding carboxylic acids is 1. The Labute approximate surface area is 144 Å². The third kappa shape index (κ3) is 5.49. The number of nitrogens with one attached hydrogen (secondary N) is 2. The van der Waals surface area contributed by atoms with Gasteiger partial charge in [0.15, 0.2) is 0 Å². The summed E-state index contributed by atoms with van der Waals surface area (Å²) in [6.45, 7) is 6.31. The molecule has 0 spiro atoms. The summed E-state index contributed by atoms with van der Waals surface area (Å²) in [6.07, 6.45) is 1.16. The van der Waals surface area contributed by atoms with Crippen LogP contribution < -0.4 is 10.0 Å². The Morgan fingerprint density at radius 1 is 1.21 bits per heavy atom. The molecule has 7 heteroatoms. The van der Waals surface area contributed by atoms with Gasteiger partial charge in [-0.25, -0.2) is 17.9 Å². The van der Waals surface area contributed by atoms with Gasteiger partial charge in [-0.15, -0.1) is 0 Å². The first-order valence-corrected chi connectivity index (χ1v) is 9.96. The molecule has 1 aliphatic rings. The number of urea groups is 1. The highest BCUT2D eigenvalue weighted by molar-refractivity contribution is 7.88. The summed E-state index contributed by atoms with van der Waals surface area (Å²) >= 11 is 0. The summed E-state index contributed by atoms with van der Waals surface area (Å²) in [4.78, 5) is 14.2. The van der Waals surface area contributed by atoms with Gasteiger partial charge in [0, 0.05) is 19.6 Å². The molecule has 2 atom stereocenters. The highest BCUT2D eigenvalue weighted by Gasteiger charge is 2.25. The molecule has 6 nitrogen and oxygen atoms in total. The first-order valence-electron chi connectivity index (χ1n) is 8.31. The molecule has 0 bridgehead atoms. The number of hydrogen-bond acceptors (Lipinski definition) is 3. The lowest BCUT2D eigenvalue weighted by atomic mass is 9.92. The molecule has 1 fully saturated rings. The molecule has 1 aromatic carbocycles. The monoisotopic (exact) mass is 353 g/mol. The van der Waals surface area contributed by atoms with Gasteiger partial charge in [0.25, 0.3) is 0 Å². The number of sulfonamides is 1. The number of nitrogens with zero attached hydrogens (tertiary/aromatic N) is 1. The molecule has 1 aromatic rings. The first-order chi connectivity index (χ1) is 11.3. The number of amides is 2. The highest BCUT2D eigenvalue weighted by atomic mass is 32.2. The lowest BCUT2D eigenvalue weighted by Crippen LogP contribution is -2.47. The number of rotatable bonds is 5. The van der Waals surface area contributed by atoms with Gasteiger partial charge in [0.05, 0.1) is 5.75 Å². The maximum atomic E-state index is 12.3. The van der Waals surface area contributed by atoms with Gasteiger partial charge in [0.2, 0.25) is 10.0 Å². The summed E-state index contributed by atoms with van der Waals surface area (Å²) in [5, 5.41) is 2.94. The first kappa shape index (κ1) is 18.7. The molecule has 0 radical (unpaired) electrons. The summed E-state index contributed by atoms with van der Waals surface area (Å²) in [7, 11) is -1.89. The van der Waals surface area contributed by atoms with Gasteiger partial charge >= 0.3 is 6.03 Å². The SMILES string of the molecule is CNS(=O)(=O)Cc1cccc(CNC(=O)N2CC(C)CC(C)C2)c1. The molecular weight excluding hydrogens is 326 g/mol. The van der Waals surface area contributed by atoms with Crippen LogP contribution in [0, 0.1) is 11.8 Å². The van der Waals surface area contributed by atoms with E-state index in [2.05, 4.69) is 23.9 Å². The quantitative estimate of drug-likeness (QED) is 0.849. The molecule has 0 saturated carbocycles. The van der Waals surface area contributed by atoms with E-state index in [0.717, 1.165) is 25.1 Å². The summed E-state index contributed by atoms with van der Waals surface area (Å²) in [6, 6.07) is 7.23. The number of carbonyl (C=O) groups is 1. The van der Waals surface area contributed by atoms with Crippen molar-refractivity contribution in [1.82, 2.24) is 14.9 Å². The van der Waals surface area contributed by atoms with Crippen molar-refractivity contribution in [2.45, 2.75) is 32.6 Å². The molecule has 0 aliphatic carbocycles. The minimum Gasteiger partial charge on any atom is -0.334 e. The molecule has 24 heavy (non-hydrogen) atoms. The van der Waals surface area contributed by atoms with Crippen LogP contribution in [0.25, 0.3) is 0 Å². The maximum Gasteiger partial charge on any atom is 0.317 e. The fraction of sp³-hybridized carbons (Fsp3) is 0.588. The van der Waals surface area contributed by atoms with E-state index in [-0.39, 0.29) is 11.8 Å². The van der Waals surface area contributed by atoms with Crippen LogP contribution in [0.3, 0.4) is 0 Å². The van der Waals surface area contributed by atoms with Crippen molar-refractivity contribution in [2.24, 2.45) is 11.8 Å². The van der Waals surface area contributed by atoms with Gasteiger partial charge < -0.3 is 10.2 Å². The summed E-state index contributed by atoms with van der Waals surface area (Å²) in [5.74, 6) is 0.982. The molecular formula is C17H27N3O3S. The second kappa shape index (κ2) is 7.98. The fourth-order valence-corrected chi connectivity index (χ4v) is 4.00. The van der Waals surface area contributed by atoms with Crippen molar-refractivity contribution < 1.29 is 13.2 Å². The minimum atomic E-state index is -3.30. The molecule has 1 aliphatic heterocycles. The Balaban J connectivity index is 1.93. The predicted octanol–water partition coefficient (Wildman–Crippen LogP) is 1.92.